The molecule has 0 heterocycles. The lowest BCUT2D eigenvalue weighted by molar-refractivity contribution is 0.102. The molecule has 0 saturated carbocycles. The van der Waals surface area contributed by atoms with Gasteiger partial charge in [0.2, 0.25) is 0 Å². The number of hydrogen-bond donors (Lipinski definition) is 2. The Balaban J connectivity index is 2.27. The molecule has 0 aromatic heterocycles. The fourth-order valence-electron chi connectivity index (χ4n) is 1.90. The summed E-state index contributed by atoms with van der Waals surface area (Å²) in [5, 5.41) is 2.85. The van der Waals surface area contributed by atoms with Gasteiger partial charge in [-0.2, -0.15) is 0 Å². The van der Waals surface area contributed by atoms with Crippen molar-refractivity contribution in [2.24, 2.45) is 0 Å². The van der Waals surface area contributed by atoms with Crippen LogP contribution in [-0.4, -0.2) is 13.0 Å². The molecule has 98 valence electrons. The maximum Gasteiger partial charge on any atom is 0.255 e. The van der Waals surface area contributed by atoms with Gasteiger partial charge in [0, 0.05) is 16.8 Å². The Bertz CT molecular complexity index is 595. The van der Waals surface area contributed by atoms with Crippen molar-refractivity contribution in [2.75, 3.05) is 18.2 Å². The number of amides is 1. The molecule has 0 spiro atoms. The molecular weight excluding hydrogens is 240 g/mol. The van der Waals surface area contributed by atoms with E-state index >= 15 is 0 Å². The minimum atomic E-state index is -0.157. The molecule has 3 N–H and O–H groups in total. The smallest absolute Gasteiger partial charge is 0.255 e. The molecule has 2 aromatic rings. The van der Waals surface area contributed by atoms with Crippen LogP contribution in [0.1, 0.15) is 15.9 Å². The van der Waals surface area contributed by atoms with Gasteiger partial charge in [-0.1, -0.05) is 18.2 Å². The van der Waals surface area contributed by atoms with Crippen LogP contribution in [-0.2, 0) is 0 Å². The van der Waals surface area contributed by atoms with E-state index in [9.17, 15) is 4.79 Å². The Labute approximate surface area is 112 Å². The van der Waals surface area contributed by atoms with Gasteiger partial charge in [0.1, 0.15) is 5.75 Å². The van der Waals surface area contributed by atoms with E-state index in [4.69, 9.17) is 10.5 Å². The van der Waals surface area contributed by atoms with Crippen molar-refractivity contribution in [1.82, 2.24) is 0 Å². The molecule has 0 aliphatic carbocycles. The predicted octanol–water partition coefficient (Wildman–Crippen LogP) is 2.84. The van der Waals surface area contributed by atoms with Crippen LogP contribution in [0, 0.1) is 6.92 Å². The highest BCUT2D eigenvalue weighted by Gasteiger charge is 2.11. The number of carbonyl (C=O) groups is 1. The molecule has 19 heavy (non-hydrogen) atoms. The van der Waals surface area contributed by atoms with Crippen molar-refractivity contribution in [3.05, 3.63) is 53.6 Å². The number of hydrogen-bond acceptors (Lipinski definition) is 3. The standard InChI is InChI=1S/C15H16N2O2/c1-10-13(9-8-12(16)14(10)19-2)17-15(18)11-6-4-3-5-7-11/h3-9H,16H2,1-2H3,(H,17,18). The zero-order valence-electron chi connectivity index (χ0n) is 10.9. The molecular formula is C15H16N2O2. The monoisotopic (exact) mass is 256 g/mol. The van der Waals surface area contributed by atoms with E-state index < -0.39 is 0 Å². The van der Waals surface area contributed by atoms with Crippen molar-refractivity contribution in [2.45, 2.75) is 6.92 Å². The zero-order chi connectivity index (χ0) is 13.8. The van der Waals surface area contributed by atoms with E-state index in [2.05, 4.69) is 5.32 Å². The summed E-state index contributed by atoms with van der Waals surface area (Å²) < 4.78 is 5.23. The van der Waals surface area contributed by atoms with Crippen LogP contribution in [0.25, 0.3) is 0 Å². The molecule has 0 unspecified atom stereocenters. The highest BCUT2D eigenvalue weighted by molar-refractivity contribution is 6.04. The number of nitrogen functional groups attached to an aromatic ring is 1. The summed E-state index contributed by atoms with van der Waals surface area (Å²) in [5.41, 5.74) is 8.47. The van der Waals surface area contributed by atoms with Gasteiger partial charge >= 0.3 is 0 Å². The molecule has 0 fully saturated rings. The zero-order valence-corrected chi connectivity index (χ0v) is 10.9. The molecule has 0 aliphatic rings. The normalized spacial score (nSPS) is 10.0. The summed E-state index contributed by atoms with van der Waals surface area (Å²) in [7, 11) is 1.56. The largest absolute Gasteiger partial charge is 0.494 e. The third kappa shape index (κ3) is 2.68. The quantitative estimate of drug-likeness (QED) is 0.830. The van der Waals surface area contributed by atoms with Gasteiger partial charge in [-0.3, -0.25) is 4.79 Å². The maximum absolute atomic E-state index is 12.1. The summed E-state index contributed by atoms with van der Waals surface area (Å²) in [6, 6.07) is 12.5. The minimum Gasteiger partial charge on any atom is -0.494 e. The fourth-order valence-corrected chi connectivity index (χ4v) is 1.90. The second-order valence-electron chi connectivity index (χ2n) is 4.18. The van der Waals surface area contributed by atoms with Crippen molar-refractivity contribution >= 4 is 17.3 Å². The minimum absolute atomic E-state index is 0.157. The summed E-state index contributed by atoms with van der Waals surface area (Å²) >= 11 is 0. The van der Waals surface area contributed by atoms with Crippen LogP contribution in [0.15, 0.2) is 42.5 Å². The number of anilines is 2. The van der Waals surface area contributed by atoms with Crippen molar-refractivity contribution in [3.8, 4) is 5.75 Å². The fraction of sp³-hybridized carbons (Fsp3) is 0.133. The average Bonchev–Trinajstić information content (AvgIpc) is 2.43. The predicted molar refractivity (Wildman–Crippen MR) is 76.5 cm³/mol. The van der Waals surface area contributed by atoms with Gasteiger partial charge in [-0.15, -0.1) is 0 Å². The summed E-state index contributed by atoms with van der Waals surface area (Å²) in [5.74, 6) is 0.432. The SMILES string of the molecule is COc1c(N)ccc(NC(=O)c2ccccc2)c1C. The third-order valence-corrected chi connectivity index (χ3v) is 2.92. The summed E-state index contributed by atoms with van der Waals surface area (Å²) in [6.07, 6.45) is 0. The number of nitrogens with one attached hydrogen (secondary N) is 1. The Morgan fingerprint density at radius 3 is 2.47 bits per heavy atom. The van der Waals surface area contributed by atoms with Crippen LogP contribution in [0.4, 0.5) is 11.4 Å². The van der Waals surface area contributed by atoms with E-state index in [0.29, 0.717) is 22.7 Å². The highest BCUT2D eigenvalue weighted by atomic mass is 16.5. The molecule has 0 bridgehead atoms. The van der Waals surface area contributed by atoms with E-state index in [-0.39, 0.29) is 5.91 Å². The van der Waals surface area contributed by atoms with Gasteiger partial charge in [0.05, 0.1) is 12.8 Å². The lowest BCUT2D eigenvalue weighted by Gasteiger charge is -2.13. The van der Waals surface area contributed by atoms with Crippen molar-refractivity contribution in [3.63, 3.8) is 0 Å². The maximum atomic E-state index is 12.1. The molecule has 2 rings (SSSR count). The van der Waals surface area contributed by atoms with Crippen molar-refractivity contribution in [1.29, 1.82) is 0 Å². The molecule has 1 amide bonds. The van der Waals surface area contributed by atoms with Crippen LogP contribution in [0.5, 0.6) is 5.75 Å². The first-order valence-electron chi connectivity index (χ1n) is 5.93. The number of methoxy groups -OCH3 is 1. The number of ether oxygens (including phenoxy) is 1. The van der Waals surface area contributed by atoms with Crippen LogP contribution < -0.4 is 15.8 Å². The Morgan fingerprint density at radius 2 is 1.84 bits per heavy atom. The molecule has 4 nitrogen and oxygen atoms in total. The molecule has 0 radical (unpaired) electrons. The average molecular weight is 256 g/mol. The third-order valence-electron chi connectivity index (χ3n) is 2.92. The molecule has 0 atom stereocenters. The summed E-state index contributed by atoms with van der Waals surface area (Å²) in [6.45, 7) is 1.86. The lowest BCUT2D eigenvalue weighted by atomic mass is 10.1. The second kappa shape index (κ2) is 5.44. The van der Waals surface area contributed by atoms with E-state index in [1.54, 1.807) is 31.4 Å². The second-order valence-corrected chi connectivity index (χ2v) is 4.18. The first-order chi connectivity index (χ1) is 9.13. The Kier molecular flexibility index (Phi) is 3.71. The molecule has 4 heteroatoms. The highest BCUT2D eigenvalue weighted by Crippen LogP contribution is 2.31. The van der Waals surface area contributed by atoms with Crippen molar-refractivity contribution < 1.29 is 9.53 Å². The van der Waals surface area contributed by atoms with Gasteiger partial charge in [0.25, 0.3) is 5.91 Å². The molecule has 2 aromatic carbocycles. The Morgan fingerprint density at radius 1 is 1.16 bits per heavy atom. The van der Waals surface area contributed by atoms with Gasteiger partial charge in [-0.25, -0.2) is 0 Å². The van der Waals surface area contributed by atoms with Gasteiger partial charge in [0.15, 0.2) is 0 Å². The van der Waals surface area contributed by atoms with Crippen LogP contribution >= 0.6 is 0 Å². The van der Waals surface area contributed by atoms with E-state index in [1.165, 1.54) is 0 Å². The van der Waals surface area contributed by atoms with E-state index in [1.807, 2.05) is 25.1 Å². The van der Waals surface area contributed by atoms with Crippen LogP contribution in [0.3, 0.4) is 0 Å². The topological polar surface area (TPSA) is 64.3 Å². The summed E-state index contributed by atoms with van der Waals surface area (Å²) in [4.78, 5) is 12.1. The number of carbonyl (C=O) groups excluding carboxylic acids is 1. The number of rotatable bonds is 3. The Hall–Kier alpha value is -2.49. The van der Waals surface area contributed by atoms with Crippen LogP contribution in [0.2, 0.25) is 0 Å². The first-order valence-corrected chi connectivity index (χ1v) is 5.93. The molecule has 0 aliphatic heterocycles. The number of nitrogens with two attached hydrogens (primary N) is 1. The van der Waals surface area contributed by atoms with Gasteiger partial charge in [-0.05, 0) is 31.2 Å². The number of benzene rings is 2. The molecule has 0 saturated heterocycles. The first kappa shape index (κ1) is 13.0. The van der Waals surface area contributed by atoms with E-state index in [0.717, 1.165) is 5.56 Å². The lowest BCUT2D eigenvalue weighted by Crippen LogP contribution is -2.13. The van der Waals surface area contributed by atoms with Gasteiger partial charge < -0.3 is 15.8 Å².